The fourth-order valence-electron chi connectivity index (χ4n) is 3.68. The summed E-state index contributed by atoms with van der Waals surface area (Å²) in [5, 5.41) is 17.8. The standard InChI is InChI=1S/C19H24ClN3O3/c1-19(2,3)10-23-9-14-11(4-5-12(18(23)26)7-16(24)25)6-15(20)17-13(14)8-21-22-17/h6,8,12H,4-5,7,9-10H2,1-3H3,(H,21,22)(H,24,25)/t12-/m0/s1. The number of carboxylic acid groups (broad SMARTS) is 1. The number of carboxylic acids is 1. The Balaban J connectivity index is 2.07. The lowest BCUT2D eigenvalue weighted by atomic mass is 9.87. The first-order valence-electron chi connectivity index (χ1n) is 8.79. The maximum atomic E-state index is 13.1. The molecule has 0 saturated carbocycles. The molecule has 0 spiro atoms. The number of hydrogen-bond donors (Lipinski definition) is 2. The number of aromatic nitrogens is 2. The molecular formula is C19H24ClN3O3. The highest BCUT2D eigenvalue weighted by Gasteiger charge is 2.32. The lowest BCUT2D eigenvalue weighted by molar-refractivity contribution is -0.145. The number of benzene rings is 1. The third kappa shape index (κ3) is 3.85. The zero-order valence-electron chi connectivity index (χ0n) is 15.3. The van der Waals surface area contributed by atoms with E-state index in [1.807, 2.05) is 6.07 Å². The molecule has 3 rings (SSSR count). The molecule has 0 unspecified atom stereocenters. The summed E-state index contributed by atoms with van der Waals surface area (Å²) in [7, 11) is 0. The van der Waals surface area contributed by atoms with Gasteiger partial charge in [-0.1, -0.05) is 32.4 Å². The maximum absolute atomic E-state index is 13.1. The SMILES string of the molecule is CC(C)(C)CN1Cc2c(cc(Cl)c3[nH]ncc23)CC[C@@H](CC(=O)O)C1=O. The molecule has 1 aliphatic heterocycles. The largest absolute Gasteiger partial charge is 0.481 e. The van der Waals surface area contributed by atoms with Crippen molar-refractivity contribution in [1.82, 2.24) is 15.1 Å². The smallest absolute Gasteiger partial charge is 0.304 e. The van der Waals surface area contributed by atoms with Crippen molar-refractivity contribution in [1.29, 1.82) is 0 Å². The van der Waals surface area contributed by atoms with Gasteiger partial charge in [0.05, 0.1) is 23.2 Å². The van der Waals surface area contributed by atoms with Crippen LogP contribution in [0.4, 0.5) is 0 Å². The van der Waals surface area contributed by atoms with Crippen molar-refractivity contribution in [3.8, 4) is 0 Å². The van der Waals surface area contributed by atoms with Crippen molar-refractivity contribution in [3.63, 3.8) is 0 Å². The molecule has 0 saturated heterocycles. The van der Waals surface area contributed by atoms with E-state index in [4.69, 9.17) is 11.6 Å². The van der Waals surface area contributed by atoms with Crippen molar-refractivity contribution < 1.29 is 14.7 Å². The predicted molar refractivity (Wildman–Crippen MR) is 100 cm³/mol. The molecule has 2 heterocycles. The van der Waals surface area contributed by atoms with Crippen molar-refractivity contribution in [3.05, 3.63) is 28.4 Å². The van der Waals surface area contributed by atoms with Crippen LogP contribution in [0.3, 0.4) is 0 Å². The van der Waals surface area contributed by atoms with Gasteiger partial charge in [-0.2, -0.15) is 5.10 Å². The number of fused-ring (bicyclic) bond motifs is 3. The van der Waals surface area contributed by atoms with Gasteiger partial charge in [0, 0.05) is 24.4 Å². The van der Waals surface area contributed by atoms with E-state index >= 15 is 0 Å². The maximum Gasteiger partial charge on any atom is 0.304 e. The lowest BCUT2D eigenvalue weighted by Gasteiger charge is -2.35. The molecule has 0 fully saturated rings. The number of carbonyl (C=O) groups is 2. The predicted octanol–water partition coefficient (Wildman–Crippen LogP) is 3.63. The van der Waals surface area contributed by atoms with E-state index in [9.17, 15) is 14.7 Å². The Bertz CT molecular complexity index is 854. The van der Waals surface area contributed by atoms with Crippen LogP contribution in [-0.4, -0.2) is 38.6 Å². The Morgan fingerprint density at radius 2 is 2.19 bits per heavy atom. The minimum absolute atomic E-state index is 0.0837. The number of nitrogens with zero attached hydrogens (tertiary/aromatic N) is 2. The number of nitrogens with one attached hydrogen (secondary N) is 1. The van der Waals surface area contributed by atoms with E-state index < -0.39 is 11.9 Å². The Hall–Kier alpha value is -2.08. The monoisotopic (exact) mass is 377 g/mol. The second-order valence-electron chi connectivity index (χ2n) is 8.24. The summed E-state index contributed by atoms with van der Waals surface area (Å²) in [5.41, 5.74) is 2.79. The molecule has 0 radical (unpaired) electrons. The molecule has 7 heteroatoms. The van der Waals surface area contributed by atoms with Gasteiger partial charge in [-0.25, -0.2) is 0 Å². The number of H-pyrrole nitrogens is 1. The zero-order chi connectivity index (χ0) is 19.1. The van der Waals surface area contributed by atoms with Crippen LogP contribution < -0.4 is 0 Å². The number of aliphatic carboxylic acids is 1. The van der Waals surface area contributed by atoms with Crippen LogP contribution in [0.15, 0.2) is 12.3 Å². The van der Waals surface area contributed by atoms with Gasteiger partial charge in [0.1, 0.15) is 0 Å². The van der Waals surface area contributed by atoms with Crippen molar-refractivity contribution in [2.24, 2.45) is 11.3 Å². The van der Waals surface area contributed by atoms with Gasteiger partial charge in [0.25, 0.3) is 0 Å². The van der Waals surface area contributed by atoms with E-state index in [2.05, 4.69) is 31.0 Å². The lowest BCUT2D eigenvalue weighted by Crippen LogP contribution is -2.42. The first-order valence-corrected chi connectivity index (χ1v) is 9.17. The van der Waals surface area contributed by atoms with Gasteiger partial charge in [0.15, 0.2) is 0 Å². The average Bonchev–Trinajstić information content (AvgIpc) is 3.00. The van der Waals surface area contributed by atoms with E-state index in [1.165, 1.54) is 0 Å². The number of hydrogen-bond acceptors (Lipinski definition) is 3. The highest BCUT2D eigenvalue weighted by atomic mass is 35.5. The summed E-state index contributed by atoms with van der Waals surface area (Å²) in [6.45, 7) is 7.21. The highest BCUT2D eigenvalue weighted by Crippen LogP contribution is 2.34. The molecule has 26 heavy (non-hydrogen) atoms. The molecule has 2 N–H and O–H groups in total. The van der Waals surface area contributed by atoms with E-state index in [1.54, 1.807) is 11.1 Å². The van der Waals surface area contributed by atoms with Gasteiger partial charge in [-0.15, -0.1) is 0 Å². The average molecular weight is 378 g/mol. The molecule has 0 bridgehead atoms. The summed E-state index contributed by atoms with van der Waals surface area (Å²) >= 11 is 6.38. The van der Waals surface area contributed by atoms with E-state index in [0.29, 0.717) is 31.0 Å². The number of aromatic amines is 1. The Morgan fingerprint density at radius 3 is 2.85 bits per heavy atom. The summed E-state index contributed by atoms with van der Waals surface area (Å²) in [6, 6.07) is 1.92. The normalized spacial score (nSPS) is 18.5. The van der Waals surface area contributed by atoms with Crippen molar-refractivity contribution in [2.45, 2.75) is 46.6 Å². The minimum atomic E-state index is -0.942. The number of rotatable bonds is 3. The third-order valence-corrected chi connectivity index (χ3v) is 5.05. The highest BCUT2D eigenvalue weighted by molar-refractivity contribution is 6.35. The molecular weight excluding hydrogens is 354 g/mol. The number of amides is 1. The van der Waals surface area contributed by atoms with Crippen LogP contribution >= 0.6 is 11.6 Å². The Labute approximate surface area is 157 Å². The second-order valence-corrected chi connectivity index (χ2v) is 8.65. The summed E-state index contributed by atoms with van der Waals surface area (Å²) in [5.74, 6) is -1.54. The molecule has 1 aliphatic rings. The summed E-state index contributed by atoms with van der Waals surface area (Å²) < 4.78 is 0. The molecule has 140 valence electrons. The fourth-order valence-corrected chi connectivity index (χ4v) is 3.95. The fraction of sp³-hybridized carbons (Fsp3) is 0.526. The zero-order valence-corrected chi connectivity index (χ0v) is 16.1. The van der Waals surface area contributed by atoms with Crippen LogP contribution in [0.1, 0.15) is 44.7 Å². The molecule has 1 atom stereocenters. The van der Waals surface area contributed by atoms with Crippen LogP contribution in [0.2, 0.25) is 5.02 Å². The van der Waals surface area contributed by atoms with E-state index in [-0.39, 0.29) is 17.7 Å². The molecule has 1 aromatic heterocycles. The molecule has 1 amide bonds. The topological polar surface area (TPSA) is 86.3 Å². The molecule has 2 aromatic rings. The van der Waals surface area contributed by atoms with Crippen LogP contribution in [-0.2, 0) is 22.6 Å². The van der Waals surface area contributed by atoms with Gasteiger partial charge in [-0.05, 0) is 35.4 Å². The summed E-state index contributed by atoms with van der Waals surface area (Å²) in [4.78, 5) is 26.1. The minimum Gasteiger partial charge on any atom is -0.481 e. The molecule has 6 nitrogen and oxygen atoms in total. The van der Waals surface area contributed by atoms with Gasteiger partial charge in [0.2, 0.25) is 5.91 Å². The van der Waals surface area contributed by atoms with E-state index in [0.717, 1.165) is 22.0 Å². The van der Waals surface area contributed by atoms with Crippen molar-refractivity contribution >= 4 is 34.4 Å². The number of carbonyl (C=O) groups excluding carboxylic acids is 1. The first kappa shape index (κ1) is 18.7. The number of aryl methyl sites for hydroxylation is 1. The van der Waals surface area contributed by atoms with Crippen LogP contribution in [0.25, 0.3) is 10.9 Å². The van der Waals surface area contributed by atoms with Gasteiger partial charge in [-0.3, -0.25) is 14.7 Å². The number of halogens is 1. The first-order chi connectivity index (χ1) is 12.2. The van der Waals surface area contributed by atoms with Gasteiger partial charge < -0.3 is 10.0 Å². The van der Waals surface area contributed by atoms with Crippen LogP contribution in [0, 0.1) is 11.3 Å². The molecule has 0 aliphatic carbocycles. The quantitative estimate of drug-likeness (QED) is 0.855. The van der Waals surface area contributed by atoms with Gasteiger partial charge >= 0.3 is 5.97 Å². The molecule has 1 aromatic carbocycles. The Kier molecular flexibility index (Phi) is 4.97. The third-order valence-electron chi connectivity index (χ3n) is 4.75. The summed E-state index contributed by atoms with van der Waals surface area (Å²) in [6.07, 6.45) is 2.73. The Morgan fingerprint density at radius 1 is 1.46 bits per heavy atom. The second kappa shape index (κ2) is 6.91. The van der Waals surface area contributed by atoms with Crippen molar-refractivity contribution in [2.75, 3.05) is 6.54 Å². The van der Waals surface area contributed by atoms with Crippen LogP contribution in [0.5, 0.6) is 0 Å².